The van der Waals surface area contributed by atoms with Crippen molar-refractivity contribution in [3.05, 3.63) is 205 Å². The molecule has 0 radical (unpaired) electrons. The van der Waals surface area contributed by atoms with E-state index in [9.17, 15) is 0 Å². The average Bonchev–Trinajstić information content (AvgIpc) is 3.85. The first-order chi connectivity index (χ1) is 32.0. The Labute approximate surface area is 385 Å². The van der Waals surface area contributed by atoms with Gasteiger partial charge in [0.25, 0.3) is 0 Å². The summed E-state index contributed by atoms with van der Waals surface area (Å²) in [6.07, 6.45) is 0. The Morgan fingerprint density at radius 2 is 0.848 bits per heavy atom. The third-order valence-electron chi connectivity index (χ3n) is 12.9. The Morgan fingerprint density at radius 3 is 1.35 bits per heavy atom. The summed E-state index contributed by atoms with van der Waals surface area (Å²) in [5.74, 6) is 1.72. The number of benzene rings is 8. The van der Waals surface area contributed by atoms with Crippen LogP contribution in [0, 0.1) is 6.57 Å². The van der Waals surface area contributed by atoms with Crippen LogP contribution in [0.1, 0.15) is 52.7 Å². The van der Waals surface area contributed by atoms with Gasteiger partial charge in [0.1, 0.15) is 0 Å². The quantitative estimate of drug-likeness (QED) is 0.157. The normalized spacial score (nSPS) is 12.1. The summed E-state index contributed by atoms with van der Waals surface area (Å²) in [6.45, 7) is 22.4. The van der Waals surface area contributed by atoms with E-state index in [0.717, 1.165) is 66.6 Å². The fraction of sp³-hybridized carbons (Fsp3) is 0.133. The van der Waals surface area contributed by atoms with E-state index in [2.05, 4.69) is 165 Å². The molecule has 11 aromatic rings. The molecule has 8 aromatic carbocycles. The standard InChI is InChI=1S/C60H48N6/c1-59(2,3)41-30-33-51-45(36-41)43-23-14-16-26-49(43)65(51)53-32-29-40(58-63-56(38-19-10-8-11-20-38)62-57(64-58)39-21-12-9-13-22-39)35-47(53)55-48(61-7)25-18-28-54(55)66-50-27-17-15-24-44(50)46-37-42(60(4,5)6)31-34-52(46)66/h8-37H,1-6H3. The van der Waals surface area contributed by atoms with Crippen LogP contribution < -0.4 is 0 Å². The first-order valence-electron chi connectivity index (χ1n) is 22.6. The SMILES string of the molecule is [C-]#[N+]c1cccc(-n2c3ccccc3c3cc(C(C)(C)C)ccc32)c1-c1cc(-c2nc(-c3ccccc3)nc(-c3ccccc3)n2)ccc1-n1c2ccccc2c2cc(C(C)(C)C)ccc21. The maximum Gasteiger partial charge on any atom is 0.197 e. The lowest BCUT2D eigenvalue weighted by Crippen LogP contribution is -2.10. The van der Waals surface area contributed by atoms with Crippen molar-refractivity contribution in [1.29, 1.82) is 0 Å². The van der Waals surface area contributed by atoms with Crippen molar-refractivity contribution in [2.75, 3.05) is 0 Å². The van der Waals surface area contributed by atoms with Crippen LogP contribution in [-0.4, -0.2) is 24.1 Å². The minimum absolute atomic E-state index is 0.0341. The van der Waals surface area contributed by atoms with Crippen LogP contribution in [0.15, 0.2) is 182 Å². The fourth-order valence-electron chi connectivity index (χ4n) is 9.49. The van der Waals surface area contributed by atoms with Crippen LogP contribution in [0.2, 0.25) is 0 Å². The second-order valence-corrected chi connectivity index (χ2v) is 19.2. The summed E-state index contributed by atoms with van der Waals surface area (Å²) in [4.78, 5) is 19.7. The fourth-order valence-corrected chi connectivity index (χ4v) is 9.49. The van der Waals surface area contributed by atoms with Gasteiger partial charge in [-0.25, -0.2) is 19.8 Å². The van der Waals surface area contributed by atoms with E-state index in [1.807, 2.05) is 72.8 Å². The van der Waals surface area contributed by atoms with Gasteiger partial charge < -0.3 is 9.13 Å². The lowest BCUT2D eigenvalue weighted by Gasteiger charge is -2.22. The highest BCUT2D eigenvalue weighted by molar-refractivity contribution is 6.12. The molecule has 0 saturated heterocycles. The molecule has 11 rings (SSSR count). The van der Waals surface area contributed by atoms with E-state index in [4.69, 9.17) is 21.5 Å². The molecule has 0 bridgehead atoms. The number of hydrogen-bond donors (Lipinski definition) is 0. The zero-order chi connectivity index (χ0) is 45.3. The summed E-state index contributed by atoms with van der Waals surface area (Å²) in [5.41, 5.74) is 13.5. The summed E-state index contributed by atoms with van der Waals surface area (Å²) in [6, 6.07) is 63.8. The molecule has 6 heteroatoms. The van der Waals surface area contributed by atoms with Crippen LogP contribution in [-0.2, 0) is 10.8 Å². The highest BCUT2D eigenvalue weighted by Crippen LogP contribution is 2.46. The van der Waals surface area contributed by atoms with Gasteiger partial charge in [0.05, 0.1) is 34.3 Å². The van der Waals surface area contributed by atoms with Crippen LogP contribution in [0.3, 0.4) is 0 Å². The third kappa shape index (κ3) is 6.83. The zero-order valence-corrected chi connectivity index (χ0v) is 38.0. The largest absolute Gasteiger partial charge is 0.310 e. The van der Waals surface area contributed by atoms with Gasteiger partial charge in [0.2, 0.25) is 0 Å². The molecule has 0 amide bonds. The van der Waals surface area contributed by atoms with Gasteiger partial charge in [-0.3, -0.25) is 0 Å². The van der Waals surface area contributed by atoms with E-state index >= 15 is 0 Å². The summed E-state index contributed by atoms with van der Waals surface area (Å²) in [7, 11) is 0. The molecule has 3 aromatic heterocycles. The van der Waals surface area contributed by atoms with Crippen LogP contribution in [0.5, 0.6) is 0 Å². The summed E-state index contributed by atoms with van der Waals surface area (Å²) >= 11 is 0. The molecule has 0 aliphatic rings. The number of aromatic nitrogens is 5. The molecule has 3 heterocycles. The molecule has 66 heavy (non-hydrogen) atoms. The Morgan fingerprint density at radius 1 is 0.394 bits per heavy atom. The molecule has 318 valence electrons. The van der Waals surface area contributed by atoms with Crippen molar-refractivity contribution < 1.29 is 0 Å². The van der Waals surface area contributed by atoms with Crippen molar-refractivity contribution in [2.24, 2.45) is 0 Å². The Bertz CT molecular complexity index is 3670. The van der Waals surface area contributed by atoms with Gasteiger partial charge in [-0.05, 0) is 88.2 Å². The monoisotopic (exact) mass is 852 g/mol. The minimum Gasteiger partial charge on any atom is -0.310 e. The van der Waals surface area contributed by atoms with Crippen LogP contribution >= 0.6 is 0 Å². The highest BCUT2D eigenvalue weighted by Gasteiger charge is 2.26. The van der Waals surface area contributed by atoms with Crippen LogP contribution in [0.25, 0.3) is 105 Å². The zero-order valence-electron chi connectivity index (χ0n) is 38.0. The van der Waals surface area contributed by atoms with Crippen molar-refractivity contribution in [1.82, 2.24) is 24.1 Å². The second-order valence-electron chi connectivity index (χ2n) is 19.2. The number of para-hydroxylation sites is 2. The van der Waals surface area contributed by atoms with Gasteiger partial charge in [0, 0.05) is 49.5 Å². The average molecular weight is 853 g/mol. The maximum absolute atomic E-state index is 8.81. The second kappa shape index (κ2) is 15.5. The molecule has 0 aliphatic carbocycles. The lowest BCUT2D eigenvalue weighted by molar-refractivity contribution is 0.591. The summed E-state index contributed by atoms with van der Waals surface area (Å²) < 4.78 is 4.73. The van der Waals surface area contributed by atoms with Crippen molar-refractivity contribution in [3.63, 3.8) is 0 Å². The van der Waals surface area contributed by atoms with Crippen molar-refractivity contribution in [2.45, 2.75) is 52.4 Å². The topological polar surface area (TPSA) is 52.9 Å². The minimum atomic E-state index is -0.0363. The van der Waals surface area contributed by atoms with Crippen molar-refractivity contribution in [3.8, 4) is 56.7 Å². The lowest BCUT2D eigenvalue weighted by atomic mass is 9.86. The first-order valence-corrected chi connectivity index (χ1v) is 22.6. The number of rotatable bonds is 6. The Hall–Kier alpha value is -8.14. The van der Waals surface area contributed by atoms with Gasteiger partial charge >= 0.3 is 0 Å². The van der Waals surface area contributed by atoms with Gasteiger partial charge in [-0.2, -0.15) is 0 Å². The first kappa shape index (κ1) is 40.6. The van der Waals surface area contributed by atoms with E-state index in [1.54, 1.807) is 0 Å². The van der Waals surface area contributed by atoms with Crippen LogP contribution in [0.4, 0.5) is 5.69 Å². The highest BCUT2D eigenvalue weighted by atomic mass is 15.0. The van der Waals surface area contributed by atoms with Gasteiger partial charge in [-0.15, -0.1) is 0 Å². The van der Waals surface area contributed by atoms with E-state index in [0.29, 0.717) is 23.2 Å². The van der Waals surface area contributed by atoms with E-state index in [-0.39, 0.29) is 10.8 Å². The number of fused-ring (bicyclic) bond motifs is 6. The smallest absolute Gasteiger partial charge is 0.197 e. The third-order valence-corrected chi connectivity index (χ3v) is 12.9. The maximum atomic E-state index is 8.81. The molecule has 0 spiro atoms. The van der Waals surface area contributed by atoms with Gasteiger partial charge in [-0.1, -0.05) is 163 Å². The molecule has 0 saturated carbocycles. The molecular formula is C60H48N6. The predicted octanol–water partition coefficient (Wildman–Crippen LogP) is 15.9. The van der Waals surface area contributed by atoms with Crippen molar-refractivity contribution >= 4 is 49.3 Å². The van der Waals surface area contributed by atoms with E-state index in [1.165, 1.54) is 27.3 Å². The molecule has 0 unspecified atom stereocenters. The molecule has 0 atom stereocenters. The molecule has 0 fully saturated rings. The molecule has 0 aliphatic heterocycles. The molecule has 6 nitrogen and oxygen atoms in total. The van der Waals surface area contributed by atoms with E-state index < -0.39 is 0 Å². The Kier molecular flexibility index (Phi) is 9.56. The van der Waals surface area contributed by atoms with Gasteiger partial charge in [0.15, 0.2) is 23.2 Å². The molecular weight excluding hydrogens is 805 g/mol. The summed E-state index contributed by atoms with van der Waals surface area (Å²) in [5, 5.41) is 4.69. The number of hydrogen-bond acceptors (Lipinski definition) is 3. The number of nitrogens with zero attached hydrogens (tertiary/aromatic N) is 6. The molecule has 0 N–H and O–H groups in total. The predicted molar refractivity (Wildman–Crippen MR) is 274 cm³/mol. The Balaban J connectivity index is 1.25.